The zero-order chi connectivity index (χ0) is 16.0. The Morgan fingerprint density at radius 3 is 2.57 bits per heavy atom. The number of aromatic hydroxyl groups is 1. The number of pyridine rings is 1. The fraction of sp³-hybridized carbons (Fsp3) is 0. The molecule has 8 nitrogen and oxygen atoms in total. The molecule has 112 valence electrons. The molecule has 0 radical (unpaired) electrons. The van der Waals surface area contributed by atoms with E-state index >= 15 is 0 Å². The molecule has 0 atom stereocenters. The minimum atomic E-state index is -0.721. The summed E-state index contributed by atoms with van der Waals surface area (Å²) in [5.74, 6) is -0.956. The third kappa shape index (κ3) is 1.96. The van der Waals surface area contributed by atoms with Gasteiger partial charge in [0.15, 0.2) is 11.3 Å². The number of hydrogen-bond acceptors (Lipinski definition) is 6. The van der Waals surface area contributed by atoms with E-state index in [1.54, 1.807) is 24.3 Å². The molecule has 3 aromatic heterocycles. The number of aromatic nitrogens is 5. The Hall–Kier alpha value is -3.55. The number of carbonyl (C=O) groups is 1. The van der Waals surface area contributed by atoms with Gasteiger partial charge in [0.2, 0.25) is 11.7 Å². The van der Waals surface area contributed by atoms with Gasteiger partial charge in [-0.05, 0) is 12.1 Å². The second-order valence-corrected chi connectivity index (χ2v) is 4.89. The van der Waals surface area contributed by atoms with Gasteiger partial charge in [-0.15, -0.1) is 10.2 Å². The van der Waals surface area contributed by atoms with Crippen molar-refractivity contribution in [2.24, 2.45) is 5.73 Å². The van der Waals surface area contributed by atoms with Gasteiger partial charge in [-0.2, -0.15) is 0 Å². The van der Waals surface area contributed by atoms with Crippen molar-refractivity contribution in [3.63, 3.8) is 0 Å². The number of nitrogens with zero attached hydrogens (tertiary/aromatic N) is 5. The summed E-state index contributed by atoms with van der Waals surface area (Å²) in [6.45, 7) is 0. The van der Waals surface area contributed by atoms with Crippen molar-refractivity contribution in [2.45, 2.75) is 0 Å². The first kappa shape index (κ1) is 13.1. The van der Waals surface area contributed by atoms with Crippen LogP contribution in [0, 0.1) is 0 Å². The lowest BCUT2D eigenvalue weighted by atomic mass is 10.1. The number of rotatable bonds is 2. The Balaban J connectivity index is 2.11. The zero-order valence-electron chi connectivity index (χ0n) is 11.7. The third-order valence-electron chi connectivity index (χ3n) is 3.44. The second-order valence-electron chi connectivity index (χ2n) is 4.89. The van der Waals surface area contributed by atoms with E-state index in [1.165, 1.54) is 4.40 Å². The van der Waals surface area contributed by atoms with E-state index in [0.29, 0.717) is 28.1 Å². The van der Waals surface area contributed by atoms with Crippen LogP contribution in [0.3, 0.4) is 0 Å². The van der Waals surface area contributed by atoms with Crippen molar-refractivity contribution < 1.29 is 9.90 Å². The SMILES string of the molecule is NC(=O)c1nnc2ccc3nc(O)c(-c4ccccc4)nc3n12. The molecule has 23 heavy (non-hydrogen) atoms. The highest BCUT2D eigenvalue weighted by Gasteiger charge is 2.17. The number of amides is 1. The lowest BCUT2D eigenvalue weighted by molar-refractivity contribution is 0.0989. The average molecular weight is 306 g/mol. The molecule has 1 aromatic carbocycles. The van der Waals surface area contributed by atoms with Crippen LogP contribution in [0.5, 0.6) is 5.88 Å². The van der Waals surface area contributed by atoms with Crippen LogP contribution in [0.1, 0.15) is 10.6 Å². The summed E-state index contributed by atoms with van der Waals surface area (Å²) < 4.78 is 1.43. The fourth-order valence-corrected chi connectivity index (χ4v) is 2.42. The van der Waals surface area contributed by atoms with Crippen LogP contribution in [0.4, 0.5) is 0 Å². The van der Waals surface area contributed by atoms with Gasteiger partial charge in [0.1, 0.15) is 11.2 Å². The third-order valence-corrected chi connectivity index (χ3v) is 3.44. The number of hydrogen-bond donors (Lipinski definition) is 2. The molecule has 0 saturated carbocycles. The van der Waals surface area contributed by atoms with Crippen LogP contribution in [0.15, 0.2) is 42.5 Å². The number of fused-ring (bicyclic) bond motifs is 3. The van der Waals surface area contributed by atoms with E-state index in [-0.39, 0.29) is 11.7 Å². The second kappa shape index (κ2) is 4.73. The predicted molar refractivity (Wildman–Crippen MR) is 81.7 cm³/mol. The van der Waals surface area contributed by atoms with Gasteiger partial charge in [0, 0.05) is 5.56 Å². The molecule has 3 N–H and O–H groups in total. The molecule has 0 bridgehead atoms. The van der Waals surface area contributed by atoms with Crippen molar-refractivity contribution >= 4 is 22.7 Å². The predicted octanol–water partition coefficient (Wildman–Crippen LogP) is 1.14. The lowest BCUT2D eigenvalue weighted by Crippen LogP contribution is -2.16. The van der Waals surface area contributed by atoms with Gasteiger partial charge in [-0.25, -0.2) is 9.97 Å². The quantitative estimate of drug-likeness (QED) is 0.573. The molecule has 0 saturated heterocycles. The molecule has 0 fully saturated rings. The monoisotopic (exact) mass is 306 g/mol. The van der Waals surface area contributed by atoms with Gasteiger partial charge in [-0.3, -0.25) is 9.20 Å². The summed E-state index contributed by atoms with van der Waals surface area (Å²) >= 11 is 0. The summed E-state index contributed by atoms with van der Waals surface area (Å²) in [4.78, 5) is 20.1. The van der Waals surface area contributed by atoms with E-state index in [2.05, 4.69) is 20.2 Å². The topological polar surface area (TPSA) is 119 Å². The van der Waals surface area contributed by atoms with Crippen molar-refractivity contribution in [3.05, 3.63) is 48.3 Å². The molecule has 4 rings (SSSR count). The lowest BCUT2D eigenvalue weighted by Gasteiger charge is -2.07. The van der Waals surface area contributed by atoms with Crippen molar-refractivity contribution in [2.75, 3.05) is 0 Å². The summed E-state index contributed by atoms with van der Waals surface area (Å²) in [6.07, 6.45) is 0. The number of primary amides is 1. The molecule has 1 amide bonds. The van der Waals surface area contributed by atoms with Gasteiger partial charge in [0.25, 0.3) is 5.91 Å². The van der Waals surface area contributed by atoms with E-state index < -0.39 is 5.91 Å². The summed E-state index contributed by atoms with van der Waals surface area (Å²) in [6, 6.07) is 12.4. The molecule has 0 aliphatic heterocycles. The van der Waals surface area contributed by atoms with Crippen molar-refractivity contribution in [3.8, 4) is 17.1 Å². The van der Waals surface area contributed by atoms with E-state index in [1.807, 2.05) is 18.2 Å². The molecular weight excluding hydrogens is 296 g/mol. The minimum Gasteiger partial charge on any atom is -0.492 e. The Bertz CT molecular complexity index is 1060. The Labute approximate surface area is 129 Å². The van der Waals surface area contributed by atoms with Crippen LogP contribution in [0.25, 0.3) is 28.1 Å². The Kier molecular flexibility index (Phi) is 2.70. The Morgan fingerprint density at radius 2 is 1.83 bits per heavy atom. The summed E-state index contributed by atoms with van der Waals surface area (Å²) in [5.41, 5.74) is 7.50. The van der Waals surface area contributed by atoms with Gasteiger partial charge in [-0.1, -0.05) is 30.3 Å². The maximum Gasteiger partial charge on any atom is 0.287 e. The molecule has 3 heterocycles. The molecule has 4 aromatic rings. The van der Waals surface area contributed by atoms with E-state index in [4.69, 9.17) is 5.73 Å². The average Bonchev–Trinajstić information content (AvgIpc) is 2.99. The van der Waals surface area contributed by atoms with Crippen LogP contribution in [0.2, 0.25) is 0 Å². The minimum absolute atomic E-state index is 0.0374. The maximum absolute atomic E-state index is 11.5. The van der Waals surface area contributed by atoms with E-state index in [0.717, 1.165) is 0 Å². The normalized spacial score (nSPS) is 11.1. The molecule has 0 spiro atoms. The smallest absolute Gasteiger partial charge is 0.287 e. The molecule has 0 unspecified atom stereocenters. The van der Waals surface area contributed by atoms with E-state index in [9.17, 15) is 9.90 Å². The first-order valence-corrected chi connectivity index (χ1v) is 6.75. The van der Waals surface area contributed by atoms with Gasteiger partial charge in [0.05, 0.1) is 0 Å². The number of benzene rings is 1. The standard InChI is InChI=1S/C15H10N6O2/c16-12(22)14-20-19-10-7-6-9-13(21(10)14)18-11(15(23)17-9)8-4-2-1-3-5-8/h1-7H,(H2,16,22)(H,17,23). The van der Waals surface area contributed by atoms with Crippen LogP contribution >= 0.6 is 0 Å². The Morgan fingerprint density at radius 1 is 1.04 bits per heavy atom. The van der Waals surface area contributed by atoms with Crippen LogP contribution in [-0.2, 0) is 0 Å². The largest absolute Gasteiger partial charge is 0.492 e. The van der Waals surface area contributed by atoms with Crippen LogP contribution in [-0.4, -0.2) is 35.6 Å². The number of carbonyl (C=O) groups excluding carboxylic acids is 1. The van der Waals surface area contributed by atoms with Crippen LogP contribution < -0.4 is 5.73 Å². The highest BCUT2D eigenvalue weighted by Crippen LogP contribution is 2.27. The van der Waals surface area contributed by atoms with Crippen molar-refractivity contribution in [1.29, 1.82) is 0 Å². The number of nitrogens with two attached hydrogens (primary N) is 1. The molecule has 8 heteroatoms. The zero-order valence-corrected chi connectivity index (χ0v) is 11.7. The highest BCUT2D eigenvalue weighted by atomic mass is 16.3. The first-order chi connectivity index (χ1) is 11.1. The summed E-state index contributed by atoms with van der Waals surface area (Å²) in [5, 5.41) is 17.8. The molecule has 0 aliphatic carbocycles. The maximum atomic E-state index is 11.5. The fourth-order valence-electron chi connectivity index (χ4n) is 2.42. The summed E-state index contributed by atoms with van der Waals surface area (Å²) in [7, 11) is 0. The molecule has 0 aliphatic rings. The van der Waals surface area contributed by atoms with Gasteiger partial charge >= 0.3 is 0 Å². The van der Waals surface area contributed by atoms with Gasteiger partial charge < -0.3 is 10.8 Å². The highest BCUT2D eigenvalue weighted by molar-refractivity contribution is 5.92. The molecular formula is C15H10N6O2. The first-order valence-electron chi connectivity index (χ1n) is 6.75. The van der Waals surface area contributed by atoms with Crippen molar-refractivity contribution in [1.82, 2.24) is 24.6 Å².